The Labute approximate surface area is 73.5 Å². The van der Waals surface area contributed by atoms with Crippen LogP contribution in [0.15, 0.2) is 48.8 Å². The van der Waals surface area contributed by atoms with Crippen molar-refractivity contribution in [1.82, 2.24) is 4.98 Å². The Morgan fingerprint density at radius 1 is 1.50 bits per heavy atom. The minimum absolute atomic E-state index is 0.910. The van der Waals surface area contributed by atoms with Crippen LogP contribution in [-0.4, -0.2) is 4.98 Å². The topological polar surface area (TPSA) is 12.9 Å². The summed E-state index contributed by atoms with van der Waals surface area (Å²) < 4.78 is 0. The Bertz CT molecular complexity index is 272. The molecule has 1 heteroatoms. The predicted molar refractivity (Wildman–Crippen MR) is 51.9 cm³/mol. The summed E-state index contributed by atoms with van der Waals surface area (Å²) in [7, 11) is 0. The zero-order chi connectivity index (χ0) is 8.81. The third kappa shape index (κ3) is 2.70. The van der Waals surface area contributed by atoms with Gasteiger partial charge in [-0.2, -0.15) is 0 Å². The van der Waals surface area contributed by atoms with Crippen molar-refractivity contribution in [2.24, 2.45) is 0 Å². The molecule has 1 nitrogen and oxygen atoms in total. The van der Waals surface area contributed by atoms with E-state index in [0.29, 0.717) is 0 Å². The number of nitrogens with zero attached hydrogens (tertiary/aromatic N) is 1. The highest BCUT2D eigenvalue weighted by molar-refractivity contribution is 5.24. The molecular weight excluding hydrogens is 146 g/mol. The largest absolute Gasteiger partial charge is 0.265 e. The fraction of sp³-hybridized carbons (Fsp3) is 0.182. The van der Waals surface area contributed by atoms with Gasteiger partial charge < -0.3 is 0 Å². The second kappa shape index (κ2) is 4.50. The molecule has 0 aliphatic heterocycles. The van der Waals surface area contributed by atoms with Gasteiger partial charge in [-0.3, -0.25) is 4.98 Å². The monoisotopic (exact) mass is 159 g/mol. The lowest BCUT2D eigenvalue weighted by molar-refractivity contribution is 1.17. The molecule has 12 heavy (non-hydrogen) atoms. The van der Waals surface area contributed by atoms with Crippen LogP contribution >= 0.6 is 0 Å². The second-order valence-corrected chi connectivity index (χ2v) is 2.69. The Hall–Kier alpha value is -1.37. The molecule has 0 aliphatic carbocycles. The van der Waals surface area contributed by atoms with E-state index < -0.39 is 0 Å². The number of rotatable bonds is 3. The van der Waals surface area contributed by atoms with E-state index in [0.717, 1.165) is 12.0 Å². The normalized spacial score (nSPS) is 10.4. The van der Waals surface area contributed by atoms with Gasteiger partial charge in [-0.1, -0.05) is 24.3 Å². The van der Waals surface area contributed by atoms with E-state index in [1.54, 1.807) is 12.4 Å². The second-order valence-electron chi connectivity index (χ2n) is 2.69. The fourth-order valence-corrected chi connectivity index (χ4v) is 1.06. The lowest BCUT2D eigenvalue weighted by atomic mass is 10.1. The summed E-state index contributed by atoms with van der Waals surface area (Å²) >= 11 is 0. The molecule has 1 rings (SSSR count). The lowest BCUT2D eigenvalue weighted by Gasteiger charge is -1.98. The standard InChI is InChI=1S/C11H13N/c1-3-4-10(2)9-11-5-7-12-8-6-11/h3-8H,2,9H2,1H3/b4-3+. The molecule has 0 aromatic carbocycles. The van der Waals surface area contributed by atoms with Gasteiger partial charge >= 0.3 is 0 Å². The van der Waals surface area contributed by atoms with E-state index in [4.69, 9.17) is 0 Å². The maximum atomic E-state index is 3.95. The molecule has 0 atom stereocenters. The first kappa shape index (κ1) is 8.72. The first-order chi connectivity index (χ1) is 5.83. The lowest BCUT2D eigenvalue weighted by Crippen LogP contribution is -1.85. The molecule has 1 heterocycles. The summed E-state index contributed by atoms with van der Waals surface area (Å²) in [5.74, 6) is 0. The van der Waals surface area contributed by atoms with E-state index in [2.05, 4.69) is 11.6 Å². The quantitative estimate of drug-likeness (QED) is 0.618. The highest BCUT2D eigenvalue weighted by Crippen LogP contribution is 2.05. The summed E-state index contributed by atoms with van der Waals surface area (Å²) in [4.78, 5) is 3.95. The van der Waals surface area contributed by atoms with Gasteiger partial charge in [0.2, 0.25) is 0 Å². The number of pyridine rings is 1. The van der Waals surface area contributed by atoms with E-state index in [-0.39, 0.29) is 0 Å². The highest BCUT2D eigenvalue weighted by atomic mass is 14.6. The molecular formula is C11H13N. The molecule has 0 radical (unpaired) electrons. The first-order valence-electron chi connectivity index (χ1n) is 4.02. The molecule has 1 aromatic heterocycles. The molecule has 0 spiro atoms. The van der Waals surface area contributed by atoms with Gasteiger partial charge in [0.05, 0.1) is 0 Å². The minimum atomic E-state index is 0.910. The molecule has 0 aliphatic rings. The Kier molecular flexibility index (Phi) is 3.27. The van der Waals surface area contributed by atoms with Crippen molar-refractivity contribution in [2.45, 2.75) is 13.3 Å². The maximum Gasteiger partial charge on any atom is 0.0270 e. The summed E-state index contributed by atoms with van der Waals surface area (Å²) in [5.41, 5.74) is 2.39. The summed E-state index contributed by atoms with van der Waals surface area (Å²) in [6.45, 7) is 5.93. The summed E-state index contributed by atoms with van der Waals surface area (Å²) in [6.07, 6.45) is 8.55. The number of hydrogen-bond donors (Lipinski definition) is 0. The van der Waals surface area contributed by atoms with Crippen LogP contribution < -0.4 is 0 Å². The molecule has 0 bridgehead atoms. The van der Waals surface area contributed by atoms with Crippen LogP contribution in [0.1, 0.15) is 12.5 Å². The van der Waals surface area contributed by atoms with Crippen molar-refractivity contribution in [3.63, 3.8) is 0 Å². The molecule has 0 saturated carbocycles. The SMILES string of the molecule is C=C(/C=C/C)Cc1ccncc1. The molecule has 0 amide bonds. The zero-order valence-electron chi connectivity index (χ0n) is 7.33. The van der Waals surface area contributed by atoms with E-state index >= 15 is 0 Å². The van der Waals surface area contributed by atoms with Gasteiger partial charge in [0.15, 0.2) is 0 Å². The Morgan fingerprint density at radius 2 is 2.17 bits per heavy atom. The average molecular weight is 159 g/mol. The third-order valence-corrected chi connectivity index (χ3v) is 1.58. The van der Waals surface area contributed by atoms with Gasteiger partial charge in [0.25, 0.3) is 0 Å². The van der Waals surface area contributed by atoms with Gasteiger partial charge in [-0.15, -0.1) is 0 Å². The van der Waals surface area contributed by atoms with Gasteiger partial charge in [-0.25, -0.2) is 0 Å². The Balaban J connectivity index is 2.59. The third-order valence-electron chi connectivity index (χ3n) is 1.58. The van der Waals surface area contributed by atoms with Crippen LogP contribution in [0.4, 0.5) is 0 Å². The predicted octanol–water partition coefficient (Wildman–Crippen LogP) is 2.76. The highest BCUT2D eigenvalue weighted by Gasteiger charge is 1.91. The van der Waals surface area contributed by atoms with Crippen molar-refractivity contribution in [3.05, 3.63) is 54.4 Å². The van der Waals surface area contributed by atoms with E-state index in [9.17, 15) is 0 Å². The van der Waals surface area contributed by atoms with Gasteiger partial charge in [-0.05, 0) is 31.0 Å². The summed E-state index contributed by atoms with van der Waals surface area (Å²) in [5, 5.41) is 0. The van der Waals surface area contributed by atoms with E-state index in [1.165, 1.54) is 5.56 Å². The van der Waals surface area contributed by atoms with Crippen LogP contribution in [0.25, 0.3) is 0 Å². The van der Waals surface area contributed by atoms with Gasteiger partial charge in [0.1, 0.15) is 0 Å². The number of allylic oxidation sites excluding steroid dienone is 3. The molecule has 0 unspecified atom stereocenters. The van der Waals surface area contributed by atoms with Crippen LogP contribution in [0, 0.1) is 0 Å². The van der Waals surface area contributed by atoms with Crippen molar-refractivity contribution in [3.8, 4) is 0 Å². The summed E-state index contributed by atoms with van der Waals surface area (Å²) in [6, 6.07) is 4.02. The number of hydrogen-bond acceptors (Lipinski definition) is 1. The smallest absolute Gasteiger partial charge is 0.0270 e. The zero-order valence-corrected chi connectivity index (χ0v) is 7.33. The first-order valence-corrected chi connectivity index (χ1v) is 4.02. The van der Waals surface area contributed by atoms with Crippen LogP contribution in [0.3, 0.4) is 0 Å². The van der Waals surface area contributed by atoms with Crippen molar-refractivity contribution in [1.29, 1.82) is 0 Å². The van der Waals surface area contributed by atoms with Crippen molar-refractivity contribution >= 4 is 0 Å². The molecule has 0 saturated heterocycles. The average Bonchev–Trinajstić information content (AvgIpc) is 2.06. The number of aromatic nitrogens is 1. The maximum absolute atomic E-state index is 3.95. The van der Waals surface area contributed by atoms with Gasteiger partial charge in [0, 0.05) is 12.4 Å². The molecule has 1 aromatic rings. The van der Waals surface area contributed by atoms with Crippen molar-refractivity contribution in [2.75, 3.05) is 0 Å². The van der Waals surface area contributed by atoms with Crippen LogP contribution in [0.5, 0.6) is 0 Å². The van der Waals surface area contributed by atoms with Crippen LogP contribution in [0.2, 0.25) is 0 Å². The van der Waals surface area contributed by atoms with Crippen LogP contribution in [-0.2, 0) is 6.42 Å². The minimum Gasteiger partial charge on any atom is -0.265 e. The molecule has 62 valence electrons. The van der Waals surface area contributed by atoms with Crippen molar-refractivity contribution < 1.29 is 0 Å². The fourth-order valence-electron chi connectivity index (χ4n) is 1.06. The molecule has 0 fully saturated rings. The Morgan fingerprint density at radius 3 is 2.75 bits per heavy atom. The van der Waals surface area contributed by atoms with E-state index in [1.807, 2.05) is 31.2 Å². The molecule has 0 N–H and O–H groups in total.